The van der Waals surface area contributed by atoms with E-state index in [2.05, 4.69) is 60.9 Å². The number of hydrogen-bond donors (Lipinski definition) is 2. The first-order valence-electron chi connectivity index (χ1n) is 21.4. The highest BCUT2D eigenvalue weighted by molar-refractivity contribution is 6.05. The molecule has 1 aliphatic heterocycles. The van der Waals surface area contributed by atoms with Gasteiger partial charge < -0.3 is 10.6 Å². The Morgan fingerprint density at radius 3 is 0.936 bits per heavy atom. The molecule has 2 nitrogen and oxygen atoms in total. The minimum Gasteiger partial charge on any atom is -0.362 e. The normalized spacial score (nSPS) is 13.6. The molecule has 0 saturated heterocycles. The SMILES string of the molecule is CCCCCCCCCCCCCCCCCC1(CCCCCCCCCCCCCCCCC)Nc2cccc3cccc(c23)N1. The van der Waals surface area contributed by atoms with E-state index in [4.69, 9.17) is 0 Å². The Balaban J connectivity index is 1.28. The zero-order valence-corrected chi connectivity index (χ0v) is 31.6. The Morgan fingerprint density at radius 2 is 0.638 bits per heavy atom. The molecular weight excluding hydrogens is 569 g/mol. The van der Waals surface area contributed by atoms with Crippen LogP contribution in [0.5, 0.6) is 0 Å². The lowest BCUT2D eigenvalue weighted by atomic mass is 9.90. The lowest BCUT2D eigenvalue weighted by molar-refractivity contribution is 0.401. The second-order valence-electron chi connectivity index (χ2n) is 15.4. The summed E-state index contributed by atoms with van der Waals surface area (Å²) in [6.45, 7) is 4.62. The lowest BCUT2D eigenvalue weighted by Gasteiger charge is -2.42. The zero-order valence-electron chi connectivity index (χ0n) is 31.6. The van der Waals surface area contributed by atoms with Gasteiger partial charge in [0.2, 0.25) is 0 Å². The van der Waals surface area contributed by atoms with Crippen LogP contribution >= 0.6 is 0 Å². The predicted octanol–water partition coefficient (Wildman–Crippen LogP) is 15.9. The van der Waals surface area contributed by atoms with Crippen molar-refractivity contribution in [3.8, 4) is 0 Å². The summed E-state index contributed by atoms with van der Waals surface area (Å²) in [5.74, 6) is 0. The molecule has 2 N–H and O–H groups in total. The number of unbranched alkanes of at least 4 members (excludes halogenated alkanes) is 28. The molecule has 2 aromatic carbocycles. The van der Waals surface area contributed by atoms with Gasteiger partial charge in [-0.25, -0.2) is 0 Å². The summed E-state index contributed by atoms with van der Waals surface area (Å²) in [4.78, 5) is 0. The first-order valence-corrected chi connectivity index (χ1v) is 21.4. The summed E-state index contributed by atoms with van der Waals surface area (Å²) in [6.07, 6.45) is 45.2. The van der Waals surface area contributed by atoms with E-state index < -0.39 is 0 Å². The van der Waals surface area contributed by atoms with Crippen LogP contribution < -0.4 is 10.6 Å². The Labute approximate surface area is 293 Å². The third-order valence-electron chi connectivity index (χ3n) is 11.1. The van der Waals surface area contributed by atoms with Crippen LogP contribution in [0.2, 0.25) is 0 Å². The summed E-state index contributed by atoms with van der Waals surface area (Å²) in [5, 5.41) is 10.8. The van der Waals surface area contributed by atoms with Crippen LogP contribution in [0.3, 0.4) is 0 Å². The highest BCUT2D eigenvalue weighted by Crippen LogP contribution is 2.41. The van der Waals surface area contributed by atoms with E-state index in [-0.39, 0.29) is 5.66 Å². The fraction of sp³-hybridized carbons (Fsp3) is 0.778. The molecule has 0 aromatic heterocycles. The quantitative estimate of drug-likeness (QED) is 0.0773. The number of anilines is 2. The maximum Gasteiger partial charge on any atom is 0.108 e. The van der Waals surface area contributed by atoms with Gasteiger partial charge in [0, 0.05) is 16.8 Å². The second-order valence-corrected chi connectivity index (χ2v) is 15.4. The van der Waals surface area contributed by atoms with Crippen molar-refractivity contribution in [2.45, 2.75) is 225 Å². The van der Waals surface area contributed by atoms with Crippen LogP contribution in [0.1, 0.15) is 219 Å². The molecule has 0 saturated carbocycles. The maximum absolute atomic E-state index is 4.06. The molecule has 0 spiro atoms. The molecule has 0 unspecified atom stereocenters. The molecule has 0 amide bonds. The summed E-state index contributed by atoms with van der Waals surface area (Å²) < 4.78 is 0. The van der Waals surface area contributed by atoms with Gasteiger partial charge in [-0.05, 0) is 43.2 Å². The molecular formula is C45H78N2. The average molecular weight is 647 g/mol. The topological polar surface area (TPSA) is 24.1 Å². The molecule has 2 aromatic rings. The second kappa shape index (κ2) is 26.2. The average Bonchev–Trinajstić information content (AvgIpc) is 3.08. The van der Waals surface area contributed by atoms with Gasteiger partial charge in [0.05, 0.1) is 0 Å². The van der Waals surface area contributed by atoms with Crippen LogP contribution in [-0.4, -0.2) is 5.66 Å². The van der Waals surface area contributed by atoms with Gasteiger partial charge in [0.15, 0.2) is 0 Å². The van der Waals surface area contributed by atoms with Crippen molar-refractivity contribution in [2.75, 3.05) is 10.6 Å². The van der Waals surface area contributed by atoms with Crippen LogP contribution in [0, 0.1) is 0 Å². The fourth-order valence-corrected chi connectivity index (χ4v) is 8.07. The highest BCUT2D eigenvalue weighted by Gasteiger charge is 2.33. The monoisotopic (exact) mass is 647 g/mol. The van der Waals surface area contributed by atoms with Gasteiger partial charge in [-0.15, -0.1) is 0 Å². The van der Waals surface area contributed by atoms with E-state index in [1.165, 1.54) is 228 Å². The molecule has 268 valence electrons. The van der Waals surface area contributed by atoms with Crippen LogP contribution in [0.15, 0.2) is 36.4 Å². The molecule has 0 atom stereocenters. The third-order valence-corrected chi connectivity index (χ3v) is 11.1. The van der Waals surface area contributed by atoms with Gasteiger partial charge in [0.25, 0.3) is 0 Å². The Bertz CT molecular complexity index is 935. The van der Waals surface area contributed by atoms with E-state index >= 15 is 0 Å². The third kappa shape index (κ3) is 17.0. The molecule has 0 aliphatic carbocycles. The van der Waals surface area contributed by atoms with Gasteiger partial charge in [-0.2, -0.15) is 0 Å². The van der Waals surface area contributed by atoms with Crippen molar-refractivity contribution in [2.24, 2.45) is 0 Å². The van der Waals surface area contributed by atoms with Crippen LogP contribution in [0.4, 0.5) is 11.4 Å². The Kier molecular flexibility index (Phi) is 22.2. The Morgan fingerprint density at radius 1 is 0.362 bits per heavy atom. The van der Waals surface area contributed by atoms with Crippen molar-refractivity contribution >= 4 is 22.1 Å². The maximum atomic E-state index is 4.06. The van der Waals surface area contributed by atoms with Gasteiger partial charge in [-0.3, -0.25) is 0 Å². The van der Waals surface area contributed by atoms with E-state index in [0.717, 1.165) is 0 Å². The molecule has 47 heavy (non-hydrogen) atoms. The fourth-order valence-electron chi connectivity index (χ4n) is 8.07. The van der Waals surface area contributed by atoms with Crippen molar-refractivity contribution in [3.05, 3.63) is 36.4 Å². The predicted molar refractivity (Wildman–Crippen MR) is 213 cm³/mol. The summed E-state index contributed by atoms with van der Waals surface area (Å²) in [5.41, 5.74) is 2.66. The molecule has 1 aliphatic rings. The largest absolute Gasteiger partial charge is 0.362 e. The van der Waals surface area contributed by atoms with Gasteiger partial charge >= 0.3 is 0 Å². The van der Waals surface area contributed by atoms with Crippen molar-refractivity contribution in [1.82, 2.24) is 0 Å². The van der Waals surface area contributed by atoms with E-state index in [9.17, 15) is 0 Å². The first kappa shape index (κ1) is 39.7. The van der Waals surface area contributed by atoms with Crippen LogP contribution in [-0.2, 0) is 0 Å². The van der Waals surface area contributed by atoms with E-state index in [1.54, 1.807) is 0 Å². The van der Waals surface area contributed by atoms with Crippen LogP contribution in [0.25, 0.3) is 10.8 Å². The molecule has 2 heteroatoms. The first-order chi connectivity index (χ1) is 23.3. The minimum absolute atomic E-state index is 0.00425. The van der Waals surface area contributed by atoms with E-state index in [1.807, 2.05) is 0 Å². The minimum atomic E-state index is -0.00425. The van der Waals surface area contributed by atoms with Crippen molar-refractivity contribution < 1.29 is 0 Å². The summed E-state index contributed by atoms with van der Waals surface area (Å²) >= 11 is 0. The van der Waals surface area contributed by atoms with Crippen molar-refractivity contribution in [3.63, 3.8) is 0 Å². The number of hydrogen-bond acceptors (Lipinski definition) is 2. The Hall–Kier alpha value is -1.70. The molecule has 1 heterocycles. The molecule has 0 radical (unpaired) electrons. The summed E-state index contributed by atoms with van der Waals surface area (Å²) in [6, 6.07) is 13.6. The molecule has 3 rings (SSSR count). The highest BCUT2D eigenvalue weighted by atomic mass is 15.2. The molecule has 0 fully saturated rings. The van der Waals surface area contributed by atoms with Crippen molar-refractivity contribution in [1.29, 1.82) is 0 Å². The van der Waals surface area contributed by atoms with E-state index in [0.29, 0.717) is 0 Å². The lowest BCUT2D eigenvalue weighted by Crippen LogP contribution is -2.48. The number of benzene rings is 2. The smallest absolute Gasteiger partial charge is 0.108 e. The molecule has 0 bridgehead atoms. The zero-order chi connectivity index (χ0) is 33.1. The number of rotatable bonds is 32. The van der Waals surface area contributed by atoms with Gasteiger partial charge in [0.1, 0.15) is 5.66 Å². The number of nitrogens with one attached hydrogen (secondary N) is 2. The standard InChI is InChI=1S/C45H78N2/c1-3-5-7-9-11-13-15-17-19-21-23-25-27-29-31-39-45(46-42-37-33-35-41-36-34-38-43(47-45)44(41)42)40-32-30-28-26-24-22-20-18-16-14-12-10-8-6-4-2/h33-38,46-47H,3-32,39-40H2,1-2H3. The summed E-state index contributed by atoms with van der Waals surface area (Å²) in [7, 11) is 0. The van der Waals surface area contributed by atoms with Gasteiger partial charge in [-0.1, -0.05) is 218 Å².